The first-order valence-corrected chi connectivity index (χ1v) is 8.16. The molecule has 2 fully saturated rings. The molecule has 0 bridgehead atoms. The summed E-state index contributed by atoms with van der Waals surface area (Å²) in [7, 11) is -1.12. The van der Waals surface area contributed by atoms with Gasteiger partial charge in [-0.05, 0) is 56.2 Å². The Labute approximate surface area is 118 Å². The molecule has 0 amide bonds. The molecule has 19 heavy (non-hydrogen) atoms. The molecule has 2 aliphatic rings. The van der Waals surface area contributed by atoms with E-state index in [2.05, 4.69) is 18.7 Å². The van der Waals surface area contributed by atoms with Crippen LogP contribution >= 0.6 is 0 Å². The molecule has 1 aliphatic heterocycles. The van der Waals surface area contributed by atoms with Crippen molar-refractivity contribution >= 4 is 7.12 Å². The Bertz CT molecular complexity index is 267. The monoisotopic (exact) mass is 267 g/mol. The van der Waals surface area contributed by atoms with Crippen LogP contribution in [0.2, 0.25) is 6.32 Å². The topological polar surface area (TPSA) is 43.7 Å². The second kappa shape index (κ2) is 7.10. The van der Waals surface area contributed by atoms with Crippen molar-refractivity contribution in [2.75, 3.05) is 13.1 Å². The van der Waals surface area contributed by atoms with E-state index in [1.54, 1.807) is 0 Å². The lowest BCUT2D eigenvalue weighted by Gasteiger charge is -2.33. The molecule has 0 aromatic heterocycles. The van der Waals surface area contributed by atoms with Crippen LogP contribution in [-0.4, -0.2) is 41.2 Å². The van der Waals surface area contributed by atoms with Gasteiger partial charge in [0.2, 0.25) is 0 Å². The quantitative estimate of drug-likeness (QED) is 0.752. The van der Waals surface area contributed by atoms with E-state index in [0.29, 0.717) is 6.32 Å². The van der Waals surface area contributed by atoms with E-state index in [-0.39, 0.29) is 0 Å². The van der Waals surface area contributed by atoms with Crippen molar-refractivity contribution in [2.24, 2.45) is 17.8 Å². The van der Waals surface area contributed by atoms with Crippen LogP contribution < -0.4 is 0 Å². The first-order valence-electron chi connectivity index (χ1n) is 8.16. The summed E-state index contributed by atoms with van der Waals surface area (Å²) >= 11 is 0. The SMILES string of the molecule is CC1CCC(N2C[C@H](CCCB(O)O)[C@H](C)C2)CC1. The Morgan fingerprint density at radius 3 is 2.37 bits per heavy atom. The van der Waals surface area contributed by atoms with Gasteiger partial charge in [-0.25, -0.2) is 0 Å². The van der Waals surface area contributed by atoms with E-state index in [1.807, 2.05) is 0 Å². The van der Waals surface area contributed by atoms with Crippen LogP contribution in [0.15, 0.2) is 0 Å². The molecule has 1 aliphatic carbocycles. The Kier molecular flexibility index (Phi) is 5.73. The zero-order valence-corrected chi connectivity index (χ0v) is 12.6. The highest BCUT2D eigenvalue weighted by Crippen LogP contribution is 2.34. The molecule has 0 aromatic carbocycles. The minimum atomic E-state index is -1.12. The van der Waals surface area contributed by atoms with Gasteiger partial charge in [-0.15, -0.1) is 0 Å². The van der Waals surface area contributed by atoms with Gasteiger partial charge >= 0.3 is 7.12 Å². The molecule has 0 radical (unpaired) electrons. The third kappa shape index (κ3) is 4.47. The fraction of sp³-hybridized carbons (Fsp3) is 1.00. The van der Waals surface area contributed by atoms with Crippen LogP contribution in [0.5, 0.6) is 0 Å². The van der Waals surface area contributed by atoms with Crippen LogP contribution in [0.1, 0.15) is 52.4 Å². The maximum Gasteiger partial charge on any atom is 0.451 e. The third-order valence-electron chi connectivity index (χ3n) is 5.34. The van der Waals surface area contributed by atoms with Crippen molar-refractivity contribution in [3.8, 4) is 0 Å². The smallest absolute Gasteiger partial charge is 0.427 e. The molecule has 2 rings (SSSR count). The van der Waals surface area contributed by atoms with Gasteiger partial charge < -0.3 is 10.0 Å². The highest BCUT2D eigenvalue weighted by Gasteiger charge is 2.34. The summed E-state index contributed by atoms with van der Waals surface area (Å²) in [5, 5.41) is 17.8. The van der Waals surface area contributed by atoms with Gasteiger partial charge in [0.1, 0.15) is 0 Å². The maximum atomic E-state index is 8.92. The van der Waals surface area contributed by atoms with Gasteiger partial charge in [-0.3, -0.25) is 4.90 Å². The molecule has 1 saturated heterocycles. The summed E-state index contributed by atoms with van der Waals surface area (Å²) in [6, 6.07) is 0.826. The fourth-order valence-electron chi connectivity index (χ4n) is 3.92. The number of nitrogens with zero attached hydrogens (tertiary/aromatic N) is 1. The molecule has 2 N–H and O–H groups in total. The minimum absolute atomic E-state index is 0.532. The molecular formula is C15H30BNO2. The number of hydrogen-bond donors (Lipinski definition) is 2. The number of hydrogen-bond acceptors (Lipinski definition) is 3. The summed E-state index contributed by atoms with van der Waals surface area (Å²) in [5.74, 6) is 2.46. The van der Waals surface area contributed by atoms with Gasteiger partial charge in [0.25, 0.3) is 0 Å². The fourth-order valence-corrected chi connectivity index (χ4v) is 3.92. The van der Waals surface area contributed by atoms with Gasteiger partial charge in [0.05, 0.1) is 0 Å². The lowest BCUT2D eigenvalue weighted by atomic mass is 9.81. The predicted octanol–water partition coefficient (Wildman–Crippen LogP) is 2.39. The standard InChI is InChI=1S/C15H30BNO2/c1-12-5-7-15(8-6-12)17-10-13(2)14(11-17)4-3-9-16(18)19/h12-15,18-19H,3-11H2,1-2H3/t12?,13-,14+,15?/m1/s1. The maximum absolute atomic E-state index is 8.92. The van der Waals surface area contributed by atoms with Gasteiger partial charge in [0, 0.05) is 19.1 Å². The molecule has 1 heterocycles. The van der Waals surface area contributed by atoms with E-state index in [0.717, 1.165) is 36.6 Å². The van der Waals surface area contributed by atoms with Gasteiger partial charge in [0.15, 0.2) is 0 Å². The summed E-state index contributed by atoms with van der Waals surface area (Å²) in [4.78, 5) is 2.72. The Hall–Kier alpha value is -0.0551. The molecule has 0 aromatic rings. The van der Waals surface area contributed by atoms with E-state index in [1.165, 1.54) is 38.8 Å². The first-order chi connectivity index (χ1) is 9.06. The second-order valence-corrected chi connectivity index (χ2v) is 7.02. The Balaban J connectivity index is 1.73. The summed E-state index contributed by atoms with van der Waals surface area (Å²) in [6.07, 6.45) is 8.20. The van der Waals surface area contributed by atoms with Crippen molar-refractivity contribution in [3.05, 3.63) is 0 Å². The molecule has 3 nitrogen and oxygen atoms in total. The zero-order valence-electron chi connectivity index (χ0n) is 12.6. The first kappa shape index (κ1) is 15.3. The Morgan fingerprint density at radius 2 is 1.74 bits per heavy atom. The van der Waals surface area contributed by atoms with E-state index >= 15 is 0 Å². The van der Waals surface area contributed by atoms with Crippen molar-refractivity contribution in [2.45, 2.75) is 64.7 Å². The molecule has 2 atom stereocenters. The lowest BCUT2D eigenvalue weighted by molar-refractivity contribution is 0.162. The lowest BCUT2D eigenvalue weighted by Crippen LogP contribution is -2.36. The third-order valence-corrected chi connectivity index (χ3v) is 5.34. The van der Waals surface area contributed by atoms with Gasteiger partial charge in [-0.2, -0.15) is 0 Å². The highest BCUT2D eigenvalue weighted by atomic mass is 16.4. The van der Waals surface area contributed by atoms with E-state index < -0.39 is 7.12 Å². The number of rotatable bonds is 5. The molecule has 4 heteroatoms. The second-order valence-electron chi connectivity index (χ2n) is 7.02. The van der Waals surface area contributed by atoms with Crippen molar-refractivity contribution in [1.82, 2.24) is 4.90 Å². The van der Waals surface area contributed by atoms with Crippen LogP contribution in [0.25, 0.3) is 0 Å². The normalized spacial score (nSPS) is 36.6. The van der Waals surface area contributed by atoms with E-state index in [9.17, 15) is 0 Å². The van der Waals surface area contributed by atoms with Crippen molar-refractivity contribution in [3.63, 3.8) is 0 Å². The summed E-state index contributed by atoms with van der Waals surface area (Å²) < 4.78 is 0. The van der Waals surface area contributed by atoms with Crippen LogP contribution in [0.3, 0.4) is 0 Å². The number of likely N-dealkylation sites (tertiary alicyclic amines) is 1. The van der Waals surface area contributed by atoms with Crippen LogP contribution in [0.4, 0.5) is 0 Å². The average molecular weight is 267 g/mol. The highest BCUT2D eigenvalue weighted by molar-refractivity contribution is 6.40. The molecule has 0 unspecified atom stereocenters. The molecule has 110 valence electrons. The van der Waals surface area contributed by atoms with Gasteiger partial charge in [-0.1, -0.05) is 20.3 Å². The van der Waals surface area contributed by atoms with Crippen molar-refractivity contribution < 1.29 is 10.0 Å². The summed E-state index contributed by atoms with van der Waals surface area (Å²) in [5.41, 5.74) is 0. The molecular weight excluding hydrogens is 237 g/mol. The average Bonchev–Trinajstić information content (AvgIpc) is 2.71. The largest absolute Gasteiger partial charge is 0.451 e. The van der Waals surface area contributed by atoms with Crippen LogP contribution in [0, 0.1) is 17.8 Å². The van der Waals surface area contributed by atoms with Crippen LogP contribution in [-0.2, 0) is 0 Å². The Morgan fingerprint density at radius 1 is 1.05 bits per heavy atom. The van der Waals surface area contributed by atoms with E-state index in [4.69, 9.17) is 10.0 Å². The molecule has 0 spiro atoms. The predicted molar refractivity (Wildman–Crippen MR) is 79.9 cm³/mol. The molecule has 1 saturated carbocycles. The summed E-state index contributed by atoms with van der Waals surface area (Å²) in [6.45, 7) is 7.24. The van der Waals surface area contributed by atoms with Crippen molar-refractivity contribution in [1.29, 1.82) is 0 Å². The zero-order chi connectivity index (χ0) is 13.8. The minimum Gasteiger partial charge on any atom is -0.427 e.